The summed E-state index contributed by atoms with van der Waals surface area (Å²) in [6.45, 7) is 0.828. The molecule has 130 valence electrons. The summed E-state index contributed by atoms with van der Waals surface area (Å²) in [6.07, 6.45) is 10.0. The fraction of sp³-hybridized carbons (Fsp3) is 0.300. The van der Waals surface area contributed by atoms with Gasteiger partial charge in [0.05, 0.1) is 10.7 Å². The number of benzene rings is 1. The molecule has 0 saturated carbocycles. The molecule has 1 aliphatic carbocycles. The Bertz CT molecular complexity index is 773. The van der Waals surface area contributed by atoms with Gasteiger partial charge < -0.3 is 10.6 Å². The fourth-order valence-electron chi connectivity index (χ4n) is 2.91. The van der Waals surface area contributed by atoms with E-state index in [1.165, 1.54) is 31.3 Å². The minimum Gasteiger partial charge on any atom is -0.370 e. The number of carbonyl (C=O) groups excluding carboxylic acids is 1. The molecule has 0 unspecified atom stereocenters. The van der Waals surface area contributed by atoms with Crippen LogP contribution < -0.4 is 10.6 Å². The first-order valence-electron chi connectivity index (χ1n) is 8.66. The molecule has 3 rings (SSSR count). The zero-order valence-corrected chi connectivity index (χ0v) is 14.9. The molecule has 0 aliphatic heterocycles. The highest BCUT2D eigenvalue weighted by Crippen LogP contribution is 2.22. The molecule has 2 N–H and O–H groups in total. The van der Waals surface area contributed by atoms with Gasteiger partial charge in [0.2, 0.25) is 0 Å². The number of hydrogen-bond donors (Lipinski definition) is 2. The molecular weight excluding hydrogens is 334 g/mol. The molecule has 1 heterocycles. The van der Waals surface area contributed by atoms with Crippen molar-refractivity contribution >= 4 is 29.0 Å². The Kier molecular flexibility index (Phi) is 6.07. The van der Waals surface area contributed by atoms with Crippen molar-refractivity contribution in [2.75, 3.05) is 17.2 Å². The highest BCUT2D eigenvalue weighted by atomic mass is 35.5. The SMILES string of the molecule is O=C(Nc1ccccc1Cl)c1ccnc(NCCC2=CCCCC2)c1. The Morgan fingerprint density at radius 1 is 1.20 bits per heavy atom. The lowest BCUT2D eigenvalue weighted by molar-refractivity contribution is 0.102. The van der Waals surface area contributed by atoms with E-state index in [-0.39, 0.29) is 5.91 Å². The molecule has 0 bridgehead atoms. The molecule has 0 saturated heterocycles. The second-order valence-electron chi connectivity index (χ2n) is 6.15. The lowest BCUT2D eigenvalue weighted by Gasteiger charge is -2.13. The summed E-state index contributed by atoms with van der Waals surface area (Å²) in [6, 6.07) is 10.6. The summed E-state index contributed by atoms with van der Waals surface area (Å²) >= 11 is 6.08. The summed E-state index contributed by atoms with van der Waals surface area (Å²) in [5.41, 5.74) is 2.67. The lowest BCUT2D eigenvalue weighted by Crippen LogP contribution is -2.13. The number of carbonyl (C=O) groups is 1. The van der Waals surface area contributed by atoms with Crippen LogP contribution in [-0.4, -0.2) is 17.4 Å². The van der Waals surface area contributed by atoms with Gasteiger partial charge in [0.25, 0.3) is 5.91 Å². The van der Waals surface area contributed by atoms with Crippen LogP contribution in [0.4, 0.5) is 11.5 Å². The Hall–Kier alpha value is -2.33. The van der Waals surface area contributed by atoms with E-state index in [1.807, 2.05) is 12.1 Å². The van der Waals surface area contributed by atoms with Crippen LogP contribution in [0.1, 0.15) is 42.5 Å². The third-order valence-electron chi connectivity index (χ3n) is 4.28. The Morgan fingerprint density at radius 3 is 2.88 bits per heavy atom. The predicted molar refractivity (Wildman–Crippen MR) is 103 cm³/mol. The third-order valence-corrected chi connectivity index (χ3v) is 4.61. The highest BCUT2D eigenvalue weighted by Gasteiger charge is 2.09. The minimum absolute atomic E-state index is 0.200. The van der Waals surface area contributed by atoms with Crippen molar-refractivity contribution in [3.8, 4) is 0 Å². The second kappa shape index (κ2) is 8.67. The topological polar surface area (TPSA) is 54.0 Å². The average Bonchev–Trinajstić information content (AvgIpc) is 2.65. The van der Waals surface area contributed by atoms with Gasteiger partial charge in [-0.1, -0.05) is 35.4 Å². The van der Waals surface area contributed by atoms with E-state index in [0.29, 0.717) is 22.1 Å². The van der Waals surface area contributed by atoms with Gasteiger partial charge >= 0.3 is 0 Å². The standard InChI is InChI=1S/C20H22ClN3O/c21-17-8-4-5-9-18(17)24-20(25)16-11-13-23-19(14-16)22-12-10-15-6-2-1-3-7-15/h4-6,8-9,11,13-14H,1-3,7,10,12H2,(H,22,23)(H,24,25). The van der Waals surface area contributed by atoms with Gasteiger partial charge in [-0.05, 0) is 56.4 Å². The maximum atomic E-state index is 12.4. The maximum Gasteiger partial charge on any atom is 0.255 e. The van der Waals surface area contributed by atoms with Crippen LogP contribution in [0.15, 0.2) is 54.2 Å². The molecule has 1 amide bonds. The number of para-hydroxylation sites is 1. The van der Waals surface area contributed by atoms with Gasteiger partial charge in [-0.25, -0.2) is 4.98 Å². The third kappa shape index (κ3) is 5.07. The van der Waals surface area contributed by atoms with Gasteiger partial charge in [-0.3, -0.25) is 4.79 Å². The van der Waals surface area contributed by atoms with Crippen LogP contribution in [0.5, 0.6) is 0 Å². The largest absolute Gasteiger partial charge is 0.370 e. The van der Waals surface area contributed by atoms with E-state index in [4.69, 9.17) is 11.6 Å². The van der Waals surface area contributed by atoms with Gasteiger partial charge in [0, 0.05) is 18.3 Å². The zero-order valence-electron chi connectivity index (χ0n) is 14.1. The minimum atomic E-state index is -0.200. The second-order valence-corrected chi connectivity index (χ2v) is 6.56. The predicted octanol–water partition coefficient (Wildman–Crippen LogP) is 5.29. The van der Waals surface area contributed by atoms with Crippen LogP contribution >= 0.6 is 11.6 Å². The number of allylic oxidation sites excluding steroid dienone is 1. The first kappa shape index (κ1) is 17.5. The van der Waals surface area contributed by atoms with Crippen molar-refractivity contribution in [3.05, 3.63) is 64.8 Å². The van der Waals surface area contributed by atoms with Gasteiger partial charge in [0.15, 0.2) is 0 Å². The number of aromatic nitrogens is 1. The van der Waals surface area contributed by atoms with Crippen molar-refractivity contribution < 1.29 is 4.79 Å². The van der Waals surface area contributed by atoms with Crippen LogP contribution in [0.25, 0.3) is 0 Å². The molecule has 2 aromatic rings. The van der Waals surface area contributed by atoms with Crippen molar-refractivity contribution in [2.24, 2.45) is 0 Å². The van der Waals surface area contributed by atoms with E-state index in [0.717, 1.165) is 13.0 Å². The lowest BCUT2D eigenvalue weighted by atomic mass is 9.97. The smallest absolute Gasteiger partial charge is 0.255 e. The molecule has 0 atom stereocenters. The zero-order chi connectivity index (χ0) is 17.5. The molecule has 1 aliphatic rings. The number of nitrogens with zero attached hydrogens (tertiary/aromatic N) is 1. The van der Waals surface area contributed by atoms with Crippen LogP contribution in [0.2, 0.25) is 5.02 Å². The fourth-order valence-corrected chi connectivity index (χ4v) is 3.09. The van der Waals surface area contributed by atoms with Gasteiger partial charge in [0.1, 0.15) is 5.82 Å². The van der Waals surface area contributed by atoms with Crippen molar-refractivity contribution in [2.45, 2.75) is 32.1 Å². The van der Waals surface area contributed by atoms with Gasteiger partial charge in [-0.15, -0.1) is 0 Å². The van der Waals surface area contributed by atoms with Crippen LogP contribution in [0, 0.1) is 0 Å². The van der Waals surface area contributed by atoms with Crippen LogP contribution in [0.3, 0.4) is 0 Å². The number of rotatable bonds is 6. The van der Waals surface area contributed by atoms with Crippen molar-refractivity contribution in [3.63, 3.8) is 0 Å². The number of amides is 1. The molecule has 0 fully saturated rings. The molecule has 4 nitrogen and oxygen atoms in total. The number of nitrogens with one attached hydrogen (secondary N) is 2. The van der Waals surface area contributed by atoms with E-state index >= 15 is 0 Å². The Balaban J connectivity index is 1.58. The number of pyridine rings is 1. The van der Waals surface area contributed by atoms with E-state index in [1.54, 1.807) is 30.5 Å². The van der Waals surface area contributed by atoms with Crippen molar-refractivity contribution in [1.82, 2.24) is 4.98 Å². The number of hydrogen-bond acceptors (Lipinski definition) is 3. The first-order valence-corrected chi connectivity index (χ1v) is 9.04. The summed E-state index contributed by atoms with van der Waals surface area (Å²) in [5, 5.41) is 6.65. The molecule has 25 heavy (non-hydrogen) atoms. The molecule has 5 heteroatoms. The quantitative estimate of drug-likeness (QED) is 0.692. The van der Waals surface area contributed by atoms with E-state index in [2.05, 4.69) is 21.7 Å². The maximum absolute atomic E-state index is 12.4. The molecule has 1 aromatic carbocycles. The summed E-state index contributed by atoms with van der Waals surface area (Å²) in [7, 11) is 0. The highest BCUT2D eigenvalue weighted by molar-refractivity contribution is 6.33. The summed E-state index contributed by atoms with van der Waals surface area (Å²) in [4.78, 5) is 16.7. The van der Waals surface area contributed by atoms with E-state index < -0.39 is 0 Å². The Morgan fingerprint density at radius 2 is 2.08 bits per heavy atom. The van der Waals surface area contributed by atoms with Crippen LogP contribution in [-0.2, 0) is 0 Å². The Labute approximate surface area is 153 Å². The number of anilines is 2. The normalized spacial score (nSPS) is 13.9. The molecule has 1 aromatic heterocycles. The molecule has 0 spiro atoms. The first-order chi connectivity index (χ1) is 12.2. The summed E-state index contributed by atoms with van der Waals surface area (Å²) < 4.78 is 0. The van der Waals surface area contributed by atoms with Crippen molar-refractivity contribution in [1.29, 1.82) is 0 Å². The average molecular weight is 356 g/mol. The van der Waals surface area contributed by atoms with Gasteiger partial charge in [-0.2, -0.15) is 0 Å². The number of halogens is 1. The van der Waals surface area contributed by atoms with E-state index in [9.17, 15) is 4.79 Å². The molecular formula is C20H22ClN3O. The molecule has 0 radical (unpaired) electrons. The monoisotopic (exact) mass is 355 g/mol. The summed E-state index contributed by atoms with van der Waals surface area (Å²) in [5.74, 6) is 0.511.